The Hall–Kier alpha value is -2.06. The van der Waals surface area contributed by atoms with Gasteiger partial charge in [-0.15, -0.1) is 0 Å². The van der Waals surface area contributed by atoms with Gasteiger partial charge in [-0.3, -0.25) is 0 Å². The van der Waals surface area contributed by atoms with Crippen molar-refractivity contribution >= 4 is 26.5 Å². The Kier molecular flexibility index (Phi) is 6.00. The van der Waals surface area contributed by atoms with Crippen molar-refractivity contribution < 1.29 is 0 Å². The van der Waals surface area contributed by atoms with Crippen LogP contribution >= 0.6 is 0 Å². The monoisotopic (exact) mass is 430 g/mol. The Morgan fingerprint density at radius 2 is 0.929 bits per heavy atom. The van der Waals surface area contributed by atoms with Crippen LogP contribution in [0.1, 0.15) is 33.4 Å². The molecule has 3 aromatic carbocycles. The zero-order chi connectivity index (χ0) is 20.5. The molecule has 3 rings (SSSR count). The molecule has 0 bridgehead atoms. The maximum absolute atomic E-state index is 4.23. The van der Waals surface area contributed by atoms with Gasteiger partial charge in [0.15, 0.2) is 0 Å². The molecule has 144 valence electrons. The number of benzene rings is 3. The van der Waals surface area contributed by atoms with Crippen LogP contribution in [0, 0.1) is 41.5 Å². The third kappa shape index (κ3) is 3.63. The zero-order valence-corrected chi connectivity index (χ0v) is 20.3. The van der Waals surface area contributed by atoms with Crippen LogP contribution in [-0.4, -0.2) is 13.3 Å². The Morgan fingerprint density at radius 3 is 1.21 bits per heavy atom. The van der Waals surface area contributed by atoms with Crippen molar-refractivity contribution in [3.05, 3.63) is 101 Å². The van der Waals surface area contributed by atoms with Gasteiger partial charge in [0.25, 0.3) is 0 Å². The molecule has 0 spiro atoms. The molecule has 0 N–H and O–H groups in total. The summed E-state index contributed by atoms with van der Waals surface area (Å²) in [4.78, 5) is 0. The molecule has 0 amide bonds. The van der Waals surface area contributed by atoms with Crippen LogP contribution < -0.4 is 13.2 Å². The fourth-order valence-corrected chi connectivity index (χ4v) is 16.4. The van der Waals surface area contributed by atoms with Gasteiger partial charge < -0.3 is 0 Å². The molecule has 0 aromatic heterocycles. The van der Waals surface area contributed by atoms with Crippen LogP contribution in [0.5, 0.6) is 0 Å². The summed E-state index contributed by atoms with van der Waals surface area (Å²) in [5, 5.41) is 1.05. The molecule has 0 aliphatic carbocycles. The van der Waals surface area contributed by atoms with Crippen LogP contribution in [0.3, 0.4) is 0 Å². The van der Waals surface area contributed by atoms with Crippen LogP contribution in [0.2, 0.25) is 5.25 Å². The Morgan fingerprint density at radius 1 is 0.607 bits per heavy atom. The molecule has 28 heavy (non-hydrogen) atoms. The van der Waals surface area contributed by atoms with Gasteiger partial charge in [0.2, 0.25) is 0 Å². The van der Waals surface area contributed by atoms with E-state index in [0.29, 0.717) is 0 Å². The van der Waals surface area contributed by atoms with Gasteiger partial charge in [-0.2, -0.15) is 0 Å². The van der Waals surface area contributed by atoms with E-state index in [0.717, 1.165) is 5.25 Å². The quantitative estimate of drug-likeness (QED) is 0.387. The fourth-order valence-electron chi connectivity index (χ4n) is 4.57. The van der Waals surface area contributed by atoms with E-state index in [9.17, 15) is 0 Å². The second kappa shape index (κ2) is 8.13. The Bertz CT molecular complexity index is 901. The van der Waals surface area contributed by atoms with Gasteiger partial charge in [0.05, 0.1) is 0 Å². The van der Waals surface area contributed by atoms with Gasteiger partial charge in [-0.1, -0.05) is 0 Å². The van der Waals surface area contributed by atoms with Gasteiger partial charge in [0.1, 0.15) is 0 Å². The van der Waals surface area contributed by atoms with Crippen LogP contribution in [0.15, 0.2) is 67.3 Å². The summed E-state index contributed by atoms with van der Waals surface area (Å²) in [6.45, 7) is 17.7. The standard InChI is InChI=1S/C27H32Ge/c1-8-15-28(25-16-19(2)9-12-22(25)5,26-17-20(3)10-13-23(26)6)27-18-21(4)11-14-24(27)7/h8-14,16-18H,1,15H2,2-7H3. The van der Waals surface area contributed by atoms with Crippen molar-refractivity contribution in [1.82, 2.24) is 0 Å². The minimum absolute atomic E-state index is 1.05. The molecule has 0 radical (unpaired) electrons. The number of hydrogen-bond acceptors (Lipinski definition) is 0. The molecule has 0 saturated carbocycles. The SMILES string of the molecule is C=C[CH2][Ge]([c]1cc(C)ccc1C)([c]1cc(C)ccc1C)[c]1cc(C)ccc1C. The van der Waals surface area contributed by atoms with E-state index in [4.69, 9.17) is 0 Å². The summed E-state index contributed by atoms with van der Waals surface area (Å²) in [7, 11) is 0. The molecule has 0 nitrogen and oxygen atoms in total. The van der Waals surface area contributed by atoms with Crippen LogP contribution in [0.25, 0.3) is 0 Å². The molecule has 3 aromatic rings. The predicted molar refractivity (Wildman–Crippen MR) is 127 cm³/mol. The van der Waals surface area contributed by atoms with E-state index in [1.807, 2.05) is 0 Å². The van der Waals surface area contributed by atoms with Gasteiger partial charge in [-0.25, -0.2) is 0 Å². The molecule has 0 saturated heterocycles. The third-order valence-corrected chi connectivity index (χ3v) is 17.1. The van der Waals surface area contributed by atoms with Crippen LogP contribution in [0.4, 0.5) is 0 Å². The first kappa shape index (κ1) is 20.7. The summed E-state index contributed by atoms with van der Waals surface area (Å²) >= 11 is -2.98. The predicted octanol–water partition coefficient (Wildman–Crippen LogP) is 5.19. The molecule has 0 heterocycles. The number of rotatable bonds is 5. The molecular formula is C27H32Ge. The van der Waals surface area contributed by atoms with Gasteiger partial charge in [0, 0.05) is 0 Å². The topological polar surface area (TPSA) is 0 Å². The summed E-state index contributed by atoms with van der Waals surface area (Å²) < 4.78 is 4.71. The molecule has 0 aliphatic heterocycles. The Balaban J connectivity index is 2.54. The number of allylic oxidation sites excluding steroid dienone is 1. The van der Waals surface area contributed by atoms with Gasteiger partial charge >= 0.3 is 174 Å². The molecule has 0 aliphatic rings. The third-order valence-electron chi connectivity index (χ3n) is 6.01. The van der Waals surface area contributed by atoms with Crippen molar-refractivity contribution in [1.29, 1.82) is 0 Å². The van der Waals surface area contributed by atoms with E-state index >= 15 is 0 Å². The second-order valence-corrected chi connectivity index (χ2v) is 16.4. The first-order valence-corrected chi connectivity index (χ1v) is 14.8. The first-order valence-electron chi connectivity index (χ1n) is 10.1. The van der Waals surface area contributed by atoms with E-state index in [1.54, 1.807) is 13.2 Å². The summed E-state index contributed by atoms with van der Waals surface area (Å²) in [6, 6.07) is 21.0. The van der Waals surface area contributed by atoms with Crippen LogP contribution in [-0.2, 0) is 0 Å². The average Bonchev–Trinajstić information content (AvgIpc) is 2.66. The first-order chi connectivity index (χ1) is 13.3. The van der Waals surface area contributed by atoms with Crippen molar-refractivity contribution in [2.75, 3.05) is 0 Å². The summed E-state index contributed by atoms with van der Waals surface area (Å²) in [5.41, 5.74) is 8.26. The summed E-state index contributed by atoms with van der Waals surface area (Å²) in [5.74, 6) is 0. The second-order valence-electron chi connectivity index (χ2n) is 8.35. The zero-order valence-electron chi connectivity index (χ0n) is 18.2. The van der Waals surface area contributed by atoms with Crippen molar-refractivity contribution in [2.24, 2.45) is 0 Å². The summed E-state index contributed by atoms with van der Waals surface area (Å²) in [6.07, 6.45) is 2.17. The Labute approximate surface area is 173 Å². The van der Waals surface area contributed by atoms with E-state index in [1.165, 1.54) is 33.4 Å². The maximum atomic E-state index is 4.23. The van der Waals surface area contributed by atoms with E-state index in [-0.39, 0.29) is 0 Å². The molecule has 0 atom stereocenters. The van der Waals surface area contributed by atoms with E-state index in [2.05, 4.69) is 109 Å². The fraction of sp³-hybridized carbons (Fsp3) is 0.259. The minimum atomic E-state index is -2.98. The average molecular weight is 429 g/mol. The van der Waals surface area contributed by atoms with Crippen molar-refractivity contribution in [2.45, 2.75) is 46.8 Å². The number of hydrogen-bond donors (Lipinski definition) is 0. The van der Waals surface area contributed by atoms with E-state index < -0.39 is 13.3 Å². The molecular weight excluding hydrogens is 397 g/mol. The van der Waals surface area contributed by atoms with Gasteiger partial charge in [-0.05, 0) is 0 Å². The van der Waals surface area contributed by atoms with Crippen molar-refractivity contribution in [3.8, 4) is 0 Å². The normalized spacial score (nSPS) is 11.5. The molecule has 1 heteroatoms. The van der Waals surface area contributed by atoms with Crippen molar-refractivity contribution in [3.63, 3.8) is 0 Å². The molecule has 0 unspecified atom stereocenters. The number of aryl methyl sites for hydroxylation is 6. The molecule has 0 fully saturated rings.